The lowest BCUT2D eigenvalue weighted by Crippen LogP contribution is -2.30. The second-order valence-electron chi connectivity index (χ2n) is 6.73. The molecule has 1 heterocycles. The molecule has 130 valence electrons. The Morgan fingerprint density at radius 1 is 0.885 bits per heavy atom. The van der Waals surface area contributed by atoms with Gasteiger partial charge in [-0.15, -0.1) is 0 Å². The van der Waals surface area contributed by atoms with Crippen molar-refractivity contribution < 1.29 is 9.90 Å². The Balaban J connectivity index is 1.79. The largest absolute Gasteiger partial charge is 0.507 e. The molecule has 1 aliphatic rings. The Labute approximate surface area is 153 Å². The molecule has 1 aliphatic heterocycles. The summed E-state index contributed by atoms with van der Waals surface area (Å²) >= 11 is 0. The number of hydrogen-bond acceptors (Lipinski definition) is 2. The number of phenolic OH excluding ortho intramolecular Hbond substituents is 1. The van der Waals surface area contributed by atoms with Crippen molar-refractivity contribution >= 4 is 11.6 Å². The first kappa shape index (κ1) is 16.4. The Bertz CT molecular complexity index is 977. The predicted octanol–water partition coefficient (Wildman–Crippen LogP) is 4.71. The van der Waals surface area contributed by atoms with Crippen molar-refractivity contribution in [1.82, 2.24) is 0 Å². The number of para-hydroxylation sites is 2. The van der Waals surface area contributed by atoms with Crippen molar-refractivity contribution in [2.24, 2.45) is 0 Å². The molecule has 3 nitrogen and oxygen atoms in total. The zero-order valence-corrected chi connectivity index (χ0v) is 14.8. The van der Waals surface area contributed by atoms with Crippen molar-refractivity contribution in [3.63, 3.8) is 0 Å². The van der Waals surface area contributed by atoms with Crippen LogP contribution in [0.15, 0.2) is 66.7 Å². The molecule has 3 aromatic carbocycles. The van der Waals surface area contributed by atoms with Crippen molar-refractivity contribution in [1.29, 1.82) is 0 Å². The van der Waals surface area contributed by atoms with Gasteiger partial charge in [-0.3, -0.25) is 4.79 Å². The van der Waals surface area contributed by atoms with E-state index in [-0.39, 0.29) is 11.7 Å². The SMILES string of the molecule is CC(=O)N1Cc2cc(-c3ccccc3O)ccc2CCc2ccccc21. The van der Waals surface area contributed by atoms with Crippen LogP contribution >= 0.6 is 0 Å². The molecule has 0 spiro atoms. The van der Waals surface area contributed by atoms with E-state index in [0.29, 0.717) is 6.54 Å². The number of rotatable bonds is 1. The van der Waals surface area contributed by atoms with E-state index in [9.17, 15) is 9.90 Å². The van der Waals surface area contributed by atoms with Gasteiger partial charge in [0.2, 0.25) is 5.91 Å². The number of fused-ring (bicyclic) bond motifs is 2. The molecule has 1 amide bonds. The van der Waals surface area contributed by atoms with E-state index in [1.54, 1.807) is 13.0 Å². The summed E-state index contributed by atoms with van der Waals surface area (Å²) in [6.45, 7) is 2.16. The van der Waals surface area contributed by atoms with Crippen molar-refractivity contribution in [3.05, 3.63) is 83.4 Å². The lowest BCUT2D eigenvalue weighted by molar-refractivity contribution is -0.116. The van der Waals surface area contributed by atoms with Gasteiger partial charge in [0.25, 0.3) is 0 Å². The minimum atomic E-state index is 0.0401. The highest BCUT2D eigenvalue weighted by Crippen LogP contribution is 2.33. The van der Waals surface area contributed by atoms with Gasteiger partial charge in [-0.2, -0.15) is 0 Å². The van der Waals surface area contributed by atoms with Gasteiger partial charge in [0.05, 0.1) is 6.54 Å². The van der Waals surface area contributed by atoms with E-state index in [1.807, 2.05) is 41.3 Å². The molecule has 0 aromatic heterocycles. The van der Waals surface area contributed by atoms with Gasteiger partial charge in [0, 0.05) is 18.2 Å². The zero-order valence-electron chi connectivity index (χ0n) is 14.8. The number of aryl methyl sites for hydroxylation is 2. The molecule has 3 aromatic rings. The van der Waals surface area contributed by atoms with Gasteiger partial charge < -0.3 is 10.0 Å². The molecule has 0 bridgehead atoms. The molecule has 3 heteroatoms. The second kappa shape index (κ2) is 6.68. The number of nitrogens with zero attached hydrogens (tertiary/aromatic N) is 1. The Morgan fingerprint density at radius 2 is 1.62 bits per heavy atom. The fourth-order valence-electron chi connectivity index (χ4n) is 3.69. The summed E-state index contributed by atoms with van der Waals surface area (Å²) in [6, 6.07) is 21.8. The highest BCUT2D eigenvalue weighted by atomic mass is 16.3. The molecule has 0 radical (unpaired) electrons. The number of aromatic hydroxyl groups is 1. The van der Waals surface area contributed by atoms with Crippen LogP contribution in [0, 0.1) is 0 Å². The predicted molar refractivity (Wildman–Crippen MR) is 104 cm³/mol. The summed E-state index contributed by atoms with van der Waals surface area (Å²) < 4.78 is 0. The highest BCUT2D eigenvalue weighted by molar-refractivity contribution is 5.92. The number of benzene rings is 3. The fourth-order valence-corrected chi connectivity index (χ4v) is 3.69. The summed E-state index contributed by atoms with van der Waals surface area (Å²) in [5.41, 5.74) is 6.38. The monoisotopic (exact) mass is 343 g/mol. The van der Waals surface area contributed by atoms with Gasteiger partial charge >= 0.3 is 0 Å². The fraction of sp³-hybridized carbons (Fsp3) is 0.174. The molecule has 1 N–H and O–H groups in total. The lowest BCUT2D eigenvalue weighted by Gasteiger charge is -2.28. The third-order valence-electron chi connectivity index (χ3n) is 5.08. The van der Waals surface area contributed by atoms with Gasteiger partial charge in [-0.05, 0) is 53.3 Å². The third-order valence-corrected chi connectivity index (χ3v) is 5.08. The molecular weight excluding hydrogens is 322 g/mol. The van der Waals surface area contributed by atoms with E-state index in [0.717, 1.165) is 35.2 Å². The average Bonchev–Trinajstić information content (AvgIpc) is 2.63. The quantitative estimate of drug-likeness (QED) is 0.695. The minimum absolute atomic E-state index is 0.0401. The summed E-state index contributed by atoms with van der Waals surface area (Å²) in [7, 11) is 0. The molecule has 0 aliphatic carbocycles. The van der Waals surface area contributed by atoms with Crippen LogP contribution in [-0.4, -0.2) is 11.0 Å². The number of carbonyl (C=O) groups excluding carboxylic acids is 1. The molecule has 0 saturated carbocycles. The zero-order chi connectivity index (χ0) is 18.1. The summed E-state index contributed by atoms with van der Waals surface area (Å²) in [5.74, 6) is 0.310. The number of phenols is 1. The maximum absolute atomic E-state index is 12.3. The van der Waals surface area contributed by atoms with Gasteiger partial charge in [-0.1, -0.05) is 48.5 Å². The number of hydrogen-bond donors (Lipinski definition) is 1. The first-order valence-electron chi connectivity index (χ1n) is 8.89. The first-order valence-corrected chi connectivity index (χ1v) is 8.89. The van der Waals surface area contributed by atoms with E-state index < -0.39 is 0 Å². The van der Waals surface area contributed by atoms with Crippen molar-refractivity contribution in [3.8, 4) is 16.9 Å². The third kappa shape index (κ3) is 2.97. The highest BCUT2D eigenvalue weighted by Gasteiger charge is 2.20. The van der Waals surface area contributed by atoms with E-state index >= 15 is 0 Å². The minimum Gasteiger partial charge on any atom is -0.507 e. The Morgan fingerprint density at radius 3 is 2.42 bits per heavy atom. The number of amides is 1. The van der Waals surface area contributed by atoms with E-state index in [2.05, 4.69) is 24.3 Å². The maximum Gasteiger partial charge on any atom is 0.224 e. The molecule has 0 fully saturated rings. The second-order valence-corrected chi connectivity index (χ2v) is 6.73. The van der Waals surface area contributed by atoms with E-state index in [1.165, 1.54) is 11.1 Å². The molecule has 0 saturated heterocycles. The van der Waals surface area contributed by atoms with Crippen molar-refractivity contribution in [2.75, 3.05) is 4.90 Å². The van der Waals surface area contributed by atoms with Crippen LogP contribution in [0.3, 0.4) is 0 Å². The van der Waals surface area contributed by atoms with Gasteiger partial charge in [-0.25, -0.2) is 0 Å². The van der Waals surface area contributed by atoms with Crippen LogP contribution in [0.4, 0.5) is 5.69 Å². The smallest absolute Gasteiger partial charge is 0.224 e. The van der Waals surface area contributed by atoms with Crippen LogP contribution in [0.5, 0.6) is 5.75 Å². The molecule has 0 atom stereocenters. The standard InChI is InChI=1S/C23H21NO2/c1-16(25)24-15-20-14-19(21-7-3-5-9-23(21)26)13-11-17(20)10-12-18-6-2-4-8-22(18)24/h2-9,11,13-14,26H,10,12,15H2,1H3. The Hall–Kier alpha value is -3.07. The van der Waals surface area contributed by atoms with Crippen LogP contribution in [0.2, 0.25) is 0 Å². The normalized spacial score (nSPS) is 13.3. The van der Waals surface area contributed by atoms with Crippen LogP contribution in [0.1, 0.15) is 23.6 Å². The van der Waals surface area contributed by atoms with Crippen LogP contribution < -0.4 is 4.90 Å². The van der Waals surface area contributed by atoms with Gasteiger partial charge in [0.1, 0.15) is 5.75 Å². The molecule has 0 unspecified atom stereocenters. The van der Waals surface area contributed by atoms with Gasteiger partial charge in [0.15, 0.2) is 0 Å². The summed E-state index contributed by atoms with van der Waals surface area (Å²) in [4.78, 5) is 14.2. The number of carbonyl (C=O) groups is 1. The first-order chi connectivity index (χ1) is 12.6. The topological polar surface area (TPSA) is 40.5 Å². The Kier molecular flexibility index (Phi) is 4.21. The lowest BCUT2D eigenvalue weighted by atomic mass is 9.92. The summed E-state index contributed by atoms with van der Waals surface area (Å²) in [5, 5.41) is 10.2. The van der Waals surface area contributed by atoms with E-state index in [4.69, 9.17) is 0 Å². The molecule has 4 rings (SSSR count). The van der Waals surface area contributed by atoms with Crippen LogP contribution in [-0.2, 0) is 24.2 Å². The number of anilines is 1. The maximum atomic E-state index is 12.3. The van der Waals surface area contributed by atoms with Crippen LogP contribution in [0.25, 0.3) is 11.1 Å². The van der Waals surface area contributed by atoms with Crippen molar-refractivity contribution in [2.45, 2.75) is 26.3 Å². The summed E-state index contributed by atoms with van der Waals surface area (Å²) in [6.07, 6.45) is 1.85. The molecular formula is C23H21NO2. The molecule has 26 heavy (non-hydrogen) atoms. The average molecular weight is 343 g/mol.